The summed E-state index contributed by atoms with van der Waals surface area (Å²) in [6, 6.07) is 102. The molecule has 120 heavy (non-hydrogen) atoms. The van der Waals surface area contributed by atoms with Crippen LogP contribution in [0.1, 0.15) is 124 Å². The van der Waals surface area contributed by atoms with Crippen molar-refractivity contribution in [3.05, 3.63) is 386 Å². The summed E-state index contributed by atoms with van der Waals surface area (Å²) in [5, 5.41) is 0. The number of hydrogen-bond acceptors (Lipinski definition) is 6. The van der Waals surface area contributed by atoms with Crippen molar-refractivity contribution in [2.45, 2.75) is 79.1 Å². The molecule has 0 fully saturated rings. The first-order valence-corrected chi connectivity index (χ1v) is 37.3. The number of benzene rings is 8. The van der Waals surface area contributed by atoms with Gasteiger partial charge >= 0.3 is 0 Å². The Labute approximate surface area is 809 Å². The second-order valence-corrected chi connectivity index (χ2v) is 28.0. The molecule has 7 aromatic heterocycles. The molecule has 2 N–H and O–H groups in total. The summed E-state index contributed by atoms with van der Waals surface area (Å²) >= 11 is 0. The van der Waals surface area contributed by atoms with Crippen LogP contribution in [0.15, 0.2) is 341 Å². The van der Waals surface area contributed by atoms with Gasteiger partial charge < -0.3 is 109 Å². The SMILES string of the molecule is C1=Cc2nc1c(-c1ccncc1)c1ccc([nH]1)c(-c1ccncc1)c1nc(c(-c3ccncc3)c3ccc([nH]3)c2-c2ccncc2)C=C1.CC(C)c1ccc(-c2ccccc2)cc1.CC(C)c1ccc(-c2ccccc2)cc1.CC(C)c1ccc(-c2ccccc2)cc1.CC(C)c1ccc(-c2ccccc2)cc1.[Cl-].[Cl-].[Cl-].[Cl-].[Cl-].[Cl-].[Cl-].[Cl-].[Ru].[Ru].[Ru].[Ru]. The predicted octanol–water partition coefficient (Wildman–Crippen LogP) is 2.83. The van der Waals surface area contributed by atoms with Crippen LogP contribution >= 0.6 is 0 Å². The van der Waals surface area contributed by atoms with Crippen molar-refractivity contribution in [1.29, 1.82) is 0 Å². The monoisotopic (exact) mass is 2090 g/mol. The van der Waals surface area contributed by atoms with E-state index in [-0.39, 0.29) is 177 Å². The molecule has 0 aliphatic carbocycles. The molecule has 20 heteroatoms. The van der Waals surface area contributed by atoms with Crippen LogP contribution in [0.5, 0.6) is 0 Å². The molecular formula is C100H90Cl8N8Ru4-8. The van der Waals surface area contributed by atoms with Gasteiger partial charge in [0.25, 0.3) is 0 Å². The van der Waals surface area contributed by atoms with E-state index < -0.39 is 0 Å². The Balaban J connectivity index is 0.000000832. The summed E-state index contributed by atoms with van der Waals surface area (Å²) in [6.45, 7) is 17.8. The number of pyridine rings is 4. The summed E-state index contributed by atoms with van der Waals surface area (Å²) in [5.41, 5.74) is 30.9. The average Bonchev–Trinajstić information content (AvgIpc) is 1.61. The Morgan fingerprint density at radius 2 is 0.342 bits per heavy atom. The Bertz CT molecular complexity index is 4960. The minimum Gasteiger partial charge on any atom is -1.00 e. The number of fused-ring (bicyclic) bond motifs is 8. The van der Waals surface area contributed by atoms with E-state index in [4.69, 9.17) is 9.97 Å². The van der Waals surface area contributed by atoms with Gasteiger partial charge in [0.2, 0.25) is 0 Å². The number of rotatable bonds is 12. The van der Waals surface area contributed by atoms with Crippen LogP contribution in [0.2, 0.25) is 0 Å². The van der Waals surface area contributed by atoms with Crippen molar-refractivity contribution in [3.63, 3.8) is 0 Å². The number of hydrogen-bond donors (Lipinski definition) is 2. The van der Waals surface area contributed by atoms with Gasteiger partial charge in [-0.2, -0.15) is 0 Å². The summed E-state index contributed by atoms with van der Waals surface area (Å²) in [7, 11) is 0. The van der Waals surface area contributed by atoms with E-state index in [1.165, 1.54) is 66.8 Å². The van der Waals surface area contributed by atoms with Crippen LogP contribution < -0.4 is 99.3 Å². The first kappa shape index (κ1) is 110. The van der Waals surface area contributed by atoms with Gasteiger partial charge in [0.05, 0.1) is 22.8 Å². The molecule has 8 aromatic carbocycles. The number of halogens is 8. The quantitative estimate of drug-likeness (QED) is 0.183. The zero-order valence-electron chi connectivity index (χ0n) is 67.1. The fourth-order valence-electron chi connectivity index (χ4n) is 13.3. The third kappa shape index (κ3) is 29.0. The van der Waals surface area contributed by atoms with Crippen LogP contribution in [0, 0.1) is 0 Å². The molecule has 8 nitrogen and oxygen atoms in total. The molecule has 17 rings (SSSR count). The third-order valence-corrected chi connectivity index (χ3v) is 19.4. The van der Waals surface area contributed by atoms with E-state index in [2.05, 4.69) is 328 Å². The molecule has 2 aliphatic heterocycles. The van der Waals surface area contributed by atoms with Crippen molar-refractivity contribution in [1.82, 2.24) is 39.9 Å². The number of nitrogens with zero attached hydrogens (tertiary/aromatic N) is 6. The molecule has 0 saturated heterocycles. The van der Waals surface area contributed by atoms with Gasteiger partial charge in [-0.15, -0.1) is 0 Å². The molecule has 0 radical (unpaired) electrons. The van der Waals surface area contributed by atoms with Gasteiger partial charge in [-0.25, -0.2) is 9.97 Å². The van der Waals surface area contributed by atoms with Crippen LogP contribution in [0.3, 0.4) is 0 Å². The topological polar surface area (TPSA) is 109 Å². The molecule has 0 spiro atoms. The smallest absolute Gasteiger partial charge is 0.0737 e. The Kier molecular flexibility index (Phi) is 50.3. The van der Waals surface area contributed by atoms with Crippen LogP contribution in [-0.4, -0.2) is 39.9 Å². The summed E-state index contributed by atoms with van der Waals surface area (Å²) in [4.78, 5) is 35.2. The maximum Gasteiger partial charge on any atom is 0.0737 e. The van der Waals surface area contributed by atoms with E-state index in [0.717, 1.165) is 89.4 Å². The van der Waals surface area contributed by atoms with Crippen molar-refractivity contribution in [2.24, 2.45) is 0 Å². The van der Waals surface area contributed by atoms with Crippen LogP contribution in [-0.2, 0) is 77.9 Å². The van der Waals surface area contributed by atoms with Gasteiger partial charge in [-0.05, 0) is 210 Å². The van der Waals surface area contributed by atoms with Gasteiger partial charge in [-0.3, -0.25) is 19.9 Å². The summed E-state index contributed by atoms with van der Waals surface area (Å²) in [6.07, 6.45) is 22.8. The molecule has 2 aliphatic rings. The molecular weight excluding hydrogens is 2000 g/mol. The molecule has 0 unspecified atom stereocenters. The van der Waals surface area contributed by atoms with Gasteiger partial charge in [0.15, 0.2) is 0 Å². The normalized spacial score (nSPS) is 10.1. The second-order valence-electron chi connectivity index (χ2n) is 28.0. The first-order valence-electron chi connectivity index (χ1n) is 37.3. The van der Waals surface area contributed by atoms with Crippen molar-refractivity contribution in [3.8, 4) is 89.0 Å². The zero-order chi connectivity index (χ0) is 74.6. The van der Waals surface area contributed by atoms with Crippen LogP contribution in [0.4, 0.5) is 0 Å². The molecule has 0 atom stereocenters. The predicted molar refractivity (Wildman–Crippen MR) is 456 cm³/mol. The minimum atomic E-state index is 0. The van der Waals surface area contributed by atoms with E-state index in [1.807, 2.05) is 122 Å². The Hall–Kier alpha value is -8.23. The number of aromatic nitrogens is 8. The maximum atomic E-state index is 5.29. The fraction of sp³-hybridized carbons (Fsp3) is 0.120. The van der Waals surface area contributed by atoms with Crippen LogP contribution in [0.25, 0.3) is 135 Å². The Morgan fingerprint density at radius 3 is 0.500 bits per heavy atom. The zero-order valence-corrected chi connectivity index (χ0v) is 80.1. The van der Waals surface area contributed by atoms with Crippen molar-refractivity contribution in [2.75, 3.05) is 0 Å². The largest absolute Gasteiger partial charge is 1.00 e. The molecule has 8 bridgehead atoms. The second kappa shape index (κ2) is 55.0. The van der Waals surface area contributed by atoms with E-state index in [1.54, 1.807) is 0 Å². The summed E-state index contributed by atoms with van der Waals surface area (Å²) < 4.78 is 0. The van der Waals surface area contributed by atoms with E-state index in [0.29, 0.717) is 23.7 Å². The van der Waals surface area contributed by atoms with Crippen molar-refractivity contribution < 1.29 is 177 Å². The molecule has 15 aromatic rings. The van der Waals surface area contributed by atoms with Crippen molar-refractivity contribution >= 4 is 46.4 Å². The summed E-state index contributed by atoms with van der Waals surface area (Å²) in [5.74, 6) is 2.43. The van der Waals surface area contributed by atoms with Gasteiger partial charge in [-0.1, -0.05) is 274 Å². The van der Waals surface area contributed by atoms with E-state index in [9.17, 15) is 0 Å². The number of H-pyrrole nitrogens is 2. The average molecular weight is 2090 g/mol. The first-order chi connectivity index (χ1) is 52.9. The third-order valence-electron chi connectivity index (χ3n) is 19.4. The number of nitrogens with one attached hydrogen (secondary N) is 2. The fourth-order valence-corrected chi connectivity index (χ4v) is 13.3. The van der Waals surface area contributed by atoms with Gasteiger partial charge in [0, 0.05) is 172 Å². The molecule has 0 saturated carbocycles. The molecule has 9 heterocycles. The standard InChI is InChI=1S/C40H26N8.4C15H16.8ClH.4Ru/c1-2-30-38(26-11-19-42-20-12-26)32-5-6-34(47-32)40(28-15-23-44-24-16-28)36-8-7-35(48-36)39(27-13-21-43-22-14-27)33-4-3-31(46-33)37(29(1)45-30)25-9-17-41-18-10-25;4*1-12(2)13-8-10-15(11-9-13)14-6-4-3-5-7-14;;;;;;;;;;;;/h1-24,45,48H;4*3-12H,1-2H3;8*1H;;;;/p-8. The maximum absolute atomic E-state index is 5.29. The number of aromatic amines is 2. The minimum absolute atomic E-state index is 0. The molecule has 0 amide bonds. The Morgan fingerprint density at radius 1 is 0.183 bits per heavy atom. The van der Waals surface area contributed by atoms with Gasteiger partial charge in [0.1, 0.15) is 0 Å². The van der Waals surface area contributed by atoms with E-state index >= 15 is 0 Å². The molecule has 626 valence electrons.